The van der Waals surface area contributed by atoms with E-state index in [2.05, 4.69) is 5.32 Å². The van der Waals surface area contributed by atoms with Crippen molar-refractivity contribution in [3.05, 3.63) is 71.8 Å². The molecule has 1 fully saturated rings. The van der Waals surface area contributed by atoms with Gasteiger partial charge in [-0.1, -0.05) is 79.9 Å². The Labute approximate surface area is 167 Å². The van der Waals surface area contributed by atoms with Crippen molar-refractivity contribution in [1.29, 1.82) is 0 Å². The van der Waals surface area contributed by atoms with E-state index in [0.717, 1.165) is 5.56 Å². The number of aliphatic hydroxyl groups excluding tert-OH is 1. The van der Waals surface area contributed by atoms with Gasteiger partial charge in [-0.25, -0.2) is 0 Å². The van der Waals surface area contributed by atoms with E-state index in [-0.39, 0.29) is 12.4 Å². The van der Waals surface area contributed by atoms with E-state index in [1.54, 1.807) is 0 Å². The fourth-order valence-corrected chi connectivity index (χ4v) is 3.74. The van der Waals surface area contributed by atoms with Crippen molar-refractivity contribution in [2.45, 2.75) is 56.8 Å². The normalized spacial score (nSPS) is 17.2. The van der Waals surface area contributed by atoms with Crippen molar-refractivity contribution < 1.29 is 14.6 Å². The lowest BCUT2D eigenvalue weighted by molar-refractivity contribution is -0.00272. The van der Waals surface area contributed by atoms with Crippen LogP contribution in [-0.2, 0) is 11.2 Å². The standard InChI is InChI=1S/C24H31NO3/c26-22(17-25-21-14-8-3-9-15-21)18-28-23(16-19-10-4-1-5-11-19)24(27)20-12-6-2-7-13-20/h1-2,4-7,10-13,21-23,25-26H,3,8-9,14-18H2. The number of aliphatic hydroxyl groups is 1. The highest BCUT2D eigenvalue weighted by Crippen LogP contribution is 2.17. The second kappa shape index (κ2) is 11.1. The summed E-state index contributed by atoms with van der Waals surface area (Å²) in [5.41, 5.74) is 1.69. The number of nitrogens with one attached hydrogen (secondary N) is 1. The molecule has 3 rings (SSSR count). The predicted octanol–water partition coefficient (Wildman–Crippen LogP) is 3.78. The second-order valence-corrected chi connectivity index (χ2v) is 7.64. The van der Waals surface area contributed by atoms with Gasteiger partial charge in [0.1, 0.15) is 6.10 Å². The van der Waals surface area contributed by atoms with Crippen LogP contribution in [-0.4, -0.2) is 42.3 Å². The molecule has 0 aromatic heterocycles. The molecule has 0 amide bonds. The monoisotopic (exact) mass is 381 g/mol. The number of Topliss-reactive ketones (excluding diaryl/α,β-unsaturated/α-hetero) is 1. The molecule has 2 aromatic carbocycles. The van der Waals surface area contributed by atoms with Gasteiger partial charge in [0.05, 0.1) is 12.7 Å². The highest BCUT2D eigenvalue weighted by molar-refractivity contribution is 5.99. The summed E-state index contributed by atoms with van der Waals surface area (Å²) in [5, 5.41) is 13.8. The van der Waals surface area contributed by atoms with Gasteiger partial charge in [0.15, 0.2) is 5.78 Å². The van der Waals surface area contributed by atoms with Gasteiger partial charge in [-0.2, -0.15) is 0 Å². The number of carbonyl (C=O) groups excluding carboxylic acids is 1. The van der Waals surface area contributed by atoms with Crippen LogP contribution < -0.4 is 5.32 Å². The van der Waals surface area contributed by atoms with Gasteiger partial charge in [-0.05, 0) is 18.4 Å². The lowest BCUT2D eigenvalue weighted by Gasteiger charge is -2.25. The van der Waals surface area contributed by atoms with Crippen LogP contribution in [0.1, 0.15) is 48.0 Å². The van der Waals surface area contributed by atoms with E-state index in [1.807, 2.05) is 60.7 Å². The molecule has 2 unspecified atom stereocenters. The first kappa shape index (κ1) is 20.7. The fraction of sp³-hybridized carbons (Fsp3) is 0.458. The molecule has 1 saturated carbocycles. The van der Waals surface area contributed by atoms with Crippen molar-refractivity contribution >= 4 is 5.78 Å². The molecular weight excluding hydrogens is 350 g/mol. The van der Waals surface area contributed by atoms with Crippen LogP contribution in [0, 0.1) is 0 Å². The Kier molecular flexibility index (Phi) is 8.22. The molecule has 0 aliphatic heterocycles. The Morgan fingerprint density at radius 2 is 1.64 bits per heavy atom. The van der Waals surface area contributed by atoms with Gasteiger partial charge in [0.2, 0.25) is 0 Å². The topological polar surface area (TPSA) is 58.6 Å². The molecule has 0 radical (unpaired) electrons. The lowest BCUT2D eigenvalue weighted by atomic mass is 9.95. The van der Waals surface area contributed by atoms with Gasteiger partial charge in [-0.3, -0.25) is 4.79 Å². The van der Waals surface area contributed by atoms with Crippen molar-refractivity contribution in [3.63, 3.8) is 0 Å². The average Bonchev–Trinajstić information content (AvgIpc) is 2.76. The van der Waals surface area contributed by atoms with E-state index >= 15 is 0 Å². The van der Waals surface area contributed by atoms with E-state index < -0.39 is 12.2 Å². The van der Waals surface area contributed by atoms with E-state index in [1.165, 1.54) is 32.1 Å². The molecular formula is C24H31NO3. The summed E-state index contributed by atoms with van der Waals surface area (Å²) in [6.45, 7) is 0.651. The van der Waals surface area contributed by atoms with Crippen LogP contribution in [0.2, 0.25) is 0 Å². The number of carbonyl (C=O) groups is 1. The molecule has 4 nitrogen and oxygen atoms in total. The highest BCUT2D eigenvalue weighted by Gasteiger charge is 2.23. The first-order valence-electron chi connectivity index (χ1n) is 10.4. The zero-order valence-electron chi connectivity index (χ0n) is 16.4. The predicted molar refractivity (Wildman–Crippen MR) is 112 cm³/mol. The quantitative estimate of drug-likeness (QED) is 0.615. The summed E-state index contributed by atoms with van der Waals surface area (Å²) in [6, 6.07) is 19.6. The third-order valence-electron chi connectivity index (χ3n) is 5.35. The zero-order chi connectivity index (χ0) is 19.6. The van der Waals surface area contributed by atoms with Crippen LogP contribution in [0.25, 0.3) is 0 Å². The average molecular weight is 382 g/mol. The van der Waals surface area contributed by atoms with Crippen molar-refractivity contribution in [2.75, 3.05) is 13.2 Å². The van der Waals surface area contributed by atoms with Gasteiger partial charge >= 0.3 is 0 Å². The van der Waals surface area contributed by atoms with Crippen LogP contribution in [0.4, 0.5) is 0 Å². The Balaban J connectivity index is 1.56. The molecule has 4 heteroatoms. The summed E-state index contributed by atoms with van der Waals surface area (Å²) < 4.78 is 5.92. The lowest BCUT2D eigenvalue weighted by Crippen LogP contribution is -2.40. The Morgan fingerprint density at radius 1 is 1.00 bits per heavy atom. The van der Waals surface area contributed by atoms with Crippen LogP contribution in [0.5, 0.6) is 0 Å². The van der Waals surface area contributed by atoms with Crippen molar-refractivity contribution in [3.8, 4) is 0 Å². The smallest absolute Gasteiger partial charge is 0.191 e. The fourth-order valence-electron chi connectivity index (χ4n) is 3.74. The molecule has 0 bridgehead atoms. The maximum atomic E-state index is 12.9. The molecule has 1 aliphatic carbocycles. The SMILES string of the molecule is O=C(c1ccccc1)C(Cc1ccccc1)OCC(O)CNC1CCCCC1. The summed E-state index contributed by atoms with van der Waals surface area (Å²) in [5.74, 6) is -0.0445. The van der Waals surface area contributed by atoms with Gasteiger partial charge < -0.3 is 15.2 Å². The Bertz CT molecular complexity index is 698. The molecule has 2 aromatic rings. The Morgan fingerprint density at radius 3 is 2.32 bits per heavy atom. The first-order chi connectivity index (χ1) is 13.7. The van der Waals surface area contributed by atoms with Crippen molar-refractivity contribution in [2.24, 2.45) is 0 Å². The van der Waals surface area contributed by atoms with E-state index in [9.17, 15) is 9.90 Å². The number of ketones is 1. The third-order valence-corrected chi connectivity index (χ3v) is 5.35. The van der Waals surface area contributed by atoms with E-state index in [0.29, 0.717) is 24.6 Å². The summed E-state index contributed by atoms with van der Waals surface area (Å²) in [4.78, 5) is 12.9. The summed E-state index contributed by atoms with van der Waals surface area (Å²) in [6.07, 6.45) is 5.46. The largest absolute Gasteiger partial charge is 0.389 e. The van der Waals surface area contributed by atoms with Gasteiger partial charge in [-0.15, -0.1) is 0 Å². The number of ether oxygens (including phenoxy) is 1. The summed E-state index contributed by atoms with van der Waals surface area (Å²) in [7, 11) is 0. The number of rotatable bonds is 10. The minimum atomic E-state index is -0.622. The third kappa shape index (κ3) is 6.55. The van der Waals surface area contributed by atoms with Crippen LogP contribution in [0.3, 0.4) is 0 Å². The first-order valence-corrected chi connectivity index (χ1v) is 10.4. The Hall–Kier alpha value is -2.01. The minimum absolute atomic E-state index is 0.0445. The molecule has 0 saturated heterocycles. The van der Waals surface area contributed by atoms with Gasteiger partial charge in [0, 0.05) is 24.6 Å². The molecule has 28 heavy (non-hydrogen) atoms. The molecule has 150 valence electrons. The molecule has 0 heterocycles. The maximum absolute atomic E-state index is 12.9. The minimum Gasteiger partial charge on any atom is -0.389 e. The highest BCUT2D eigenvalue weighted by atomic mass is 16.5. The van der Waals surface area contributed by atoms with E-state index in [4.69, 9.17) is 4.74 Å². The number of benzene rings is 2. The van der Waals surface area contributed by atoms with Gasteiger partial charge in [0.25, 0.3) is 0 Å². The molecule has 1 aliphatic rings. The van der Waals surface area contributed by atoms with Crippen molar-refractivity contribution in [1.82, 2.24) is 5.32 Å². The summed E-state index contributed by atoms with van der Waals surface area (Å²) >= 11 is 0. The molecule has 0 spiro atoms. The molecule has 2 N–H and O–H groups in total. The number of hydrogen-bond acceptors (Lipinski definition) is 4. The second-order valence-electron chi connectivity index (χ2n) is 7.64. The van der Waals surface area contributed by atoms with Crippen LogP contribution in [0.15, 0.2) is 60.7 Å². The molecule has 2 atom stereocenters. The van der Waals surface area contributed by atoms with Crippen LogP contribution >= 0.6 is 0 Å². The zero-order valence-corrected chi connectivity index (χ0v) is 16.4. The maximum Gasteiger partial charge on any atom is 0.191 e. The number of hydrogen-bond donors (Lipinski definition) is 2.